The molecule has 1 spiro atoms. The van der Waals surface area contributed by atoms with Crippen LogP contribution < -0.4 is 0 Å². The molecule has 6 aromatic carbocycles. The molecule has 0 unspecified atom stereocenters. The normalized spacial score (nSPS) is 13.9. The van der Waals surface area contributed by atoms with Crippen molar-refractivity contribution in [3.8, 4) is 29.0 Å². The molecular formula is C41H25N3. The first-order chi connectivity index (χ1) is 21.7. The number of hydrogen-bond donors (Lipinski definition) is 0. The maximum Gasteiger partial charge on any atom is 0.101 e. The molecule has 0 aliphatic heterocycles. The molecule has 0 bridgehead atoms. The number of nitrogens with zero attached hydrogens (tertiary/aromatic N) is 3. The van der Waals surface area contributed by atoms with Crippen LogP contribution in [0.3, 0.4) is 0 Å². The first-order valence-corrected chi connectivity index (χ1v) is 15.0. The fourth-order valence-corrected chi connectivity index (χ4v) is 8.09. The molecule has 1 aromatic heterocycles. The van der Waals surface area contributed by atoms with Crippen LogP contribution in [0.25, 0.3) is 38.6 Å². The van der Waals surface area contributed by atoms with Crippen LogP contribution in [0, 0.1) is 22.7 Å². The van der Waals surface area contributed by atoms with Gasteiger partial charge in [-0.15, -0.1) is 0 Å². The number of fused-ring (bicyclic) bond motifs is 12. The van der Waals surface area contributed by atoms with Gasteiger partial charge in [-0.05, 0) is 93.7 Å². The molecule has 0 fully saturated rings. The van der Waals surface area contributed by atoms with E-state index in [1.165, 1.54) is 55.2 Å². The number of benzene rings is 6. The minimum atomic E-state index is -0.636. The Balaban J connectivity index is 1.45. The van der Waals surface area contributed by atoms with Gasteiger partial charge >= 0.3 is 0 Å². The maximum absolute atomic E-state index is 10.2. The van der Waals surface area contributed by atoms with Gasteiger partial charge < -0.3 is 4.57 Å². The predicted octanol–water partition coefficient (Wildman–Crippen LogP) is 8.99. The molecular weight excluding hydrogens is 534 g/mol. The SMILES string of the molecule is N#Cc1cc2c(cc1C#N)C1(c3cc(-n4c5ccccc5c5ccccc54)ccc3CC2)c2ccccc2-c2ccccc21. The Morgan fingerprint density at radius 2 is 1.02 bits per heavy atom. The summed E-state index contributed by atoms with van der Waals surface area (Å²) in [5, 5.41) is 22.7. The van der Waals surface area contributed by atoms with Gasteiger partial charge in [0.15, 0.2) is 0 Å². The third kappa shape index (κ3) is 3.08. The van der Waals surface area contributed by atoms with Crippen molar-refractivity contribution in [2.45, 2.75) is 18.3 Å². The van der Waals surface area contributed by atoms with E-state index in [-0.39, 0.29) is 0 Å². The molecule has 0 saturated heterocycles. The van der Waals surface area contributed by atoms with Crippen molar-refractivity contribution in [3.63, 3.8) is 0 Å². The molecule has 3 nitrogen and oxygen atoms in total. The number of aryl methyl sites for hydroxylation is 2. The van der Waals surface area contributed by atoms with Crippen LogP contribution >= 0.6 is 0 Å². The maximum atomic E-state index is 10.2. The Morgan fingerprint density at radius 3 is 1.66 bits per heavy atom. The van der Waals surface area contributed by atoms with E-state index in [1.807, 2.05) is 12.1 Å². The van der Waals surface area contributed by atoms with Crippen LogP contribution in [-0.4, -0.2) is 4.57 Å². The summed E-state index contributed by atoms with van der Waals surface area (Å²) in [6.45, 7) is 0. The van der Waals surface area contributed by atoms with Gasteiger partial charge in [-0.2, -0.15) is 10.5 Å². The Labute approximate surface area is 255 Å². The van der Waals surface area contributed by atoms with Crippen LogP contribution in [-0.2, 0) is 18.3 Å². The zero-order chi connectivity index (χ0) is 29.4. The molecule has 7 aromatic rings. The summed E-state index contributed by atoms with van der Waals surface area (Å²) in [7, 11) is 0. The molecule has 204 valence electrons. The van der Waals surface area contributed by atoms with Crippen LogP contribution in [0.1, 0.15) is 44.5 Å². The third-order valence-corrected chi connectivity index (χ3v) is 9.84. The van der Waals surface area contributed by atoms with Gasteiger partial charge in [-0.1, -0.05) is 91.0 Å². The lowest BCUT2D eigenvalue weighted by Gasteiger charge is -2.36. The van der Waals surface area contributed by atoms with E-state index in [0.717, 1.165) is 29.7 Å². The topological polar surface area (TPSA) is 52.5 Å². The summed E-state index contributed by atoms with van der Waals surface area (Å²) in [5.41, 5.74) is 13.3. The number of aromatic nitrogens is 1. The number of rotatable bonds is 1. The van der Waals surface area contributed by atoms with E-state index >= 15 is 0 Å². The fourth-order valence-electron chi connectivity index (χ4n) is 8.09. The zero-order valence-electron chi connectivity index (χ0n) is 23.9. The van der Waals surface area contributed by atoms with E-state index in [9.17, 15) is 10.5 Å². The van der Waals surface area contributed by atoms with Crippen molar-refractivity contribution in [1.82, 2.24) is 4.57 Å². The van der Waals surface area contributed by atoms with Crippen molar-refractivity contribution in [3.05, 3.63) is 172 Å². The van der Waals surface area contributed by atoms with Crippen LogP contribution in [0.4, 0.5) is 0 Å². The molecule has 0 saturated carbocycles. The summed E-state index contributed by atoms with van der Waals surface area (Å²) in [6.07, 6.45) is 1.64. The Morgan fingerprint density at radius 1 is 0.500 bits per heavy atom. The number of para-hydroxylation sites is 2. The first-order valence-electron chi connectivity index (χ1n) is 15.0. The highest BCUT2D eigenvalue weighted by atomic mass is 15.0. The minimum Gasteiger partial charge on any atom is -0.309 e. The molecule has 9 rings (SSSR count). The zero-order valence-corrected chi connectivity index (χ0v) is 23.9. The van der Waals surface area contributed by atoms with Crippen molar-refractivity contribution in [1.29, 1.82) is 10.5 Å². The lowest BCUT2D eigenvalue weighted by atomic mass is 9.65. The van der Waals surface area contributed by atoms with Gasteiger partial charge in [0.2, 0.25) is 0 Å². The van der Waals surface area contributed by atoms with Crippen molar-refractivity contribution >= 4 is 21.8 Å². The van der Waals surface area contributed by atoms with E-state index in [0.29, 0.717) is 11.1 Å². The standard InChI is InChI=1S/C41H25N3/c42-24-28-21-27-18-17-26-19-20-30(44-39-15-7-3-11-33(39)34-12-4-8-16-40(34)44)23-38(26)41(37(27)22-29(28)25-43)35-13-5-1-9-31(35)32-10-2-6-14-36(32)41/h1-16,19-23H,17-18H2. The van der Waals surface area contributed by atoms with Gasteiger partial charge in [0.05, 0.1) is 27.6 Å². The summed E-state index contributed by atoms with van der Waals surface area (Å²) in [4.78, 5) is 0. The van der Waals surface area contributed by atoms with E-state index in [1.54, 1.807) is 0 Å². The van der Waals surface area contributed by atoms with Crippen LogP contribution in [0.2, 0.25) is 0 Å². The van der Waals surface area contributed by atoms with Crippen LogP contribution in [0.15, 0.2) is 127 Å². The van der Waals surface area contributed by atoms with Gasteiger partial charge in [0.1, 0.15) is 12.1 Å². The highest BCUT2D eigenvalue weighted by Gasteiger charge is 2.49. The highest BCUT2D eigenvalue weighted by Crippen LogP contribution is 2.58. The Kier molecular flexibility index (Phi) is 5.07. The Bertz CT molecular complexity index is 2330. The lowest BCUT2D eigenvalue weighted by molar-refractivity contribution is 0.760. The van der Waals surface area contributed by atoms with Crippen molar-refractivity contribution in [2.24, 2.45) is 0 Å². The summed E-state index contributed by atoms with van der Waals surface area (Å²) in [5.74, 6) is 0. The predicted molar refractivity (Wildman–Crippen MR) is 175 cm³/mol. The molecule has 1 heterocycles. The monoisotopic (exact) mass is 559 g/mol. The molecule has 0 radical (unpaired) electrons. The van der Waals surface area contributed by atoms with Crippen molar-refractivity contribution in [2.75, 3.05) is 0 Å². The fraction of sp³-hybridized carbons (Fsp3) is 0.0732. The quantitative estimate of drug-likeness (QED) is 0.202. The Hall–Kier alpha value is -5.90. The second-order valence-electron chi connectivity index (χ2n) is 11.8. The smallest absolute Gasteiger partial charge is 0.101 e. The molecule has 44 heavy (non-hydrogen) atoms. The molecule has 3 heteroatoms. The summed E-state index contributed by atoms with van der Waals surface area (Å²) < 4.78 is 2.39. The minimum absolute atomic E-state index is 0.425. The molecule has 0 N–H and O–H groups in total. The van der Waals surface area contributed by atoms with E-state index in [2.05, 4.69) is 132 Å². The van der Waals surface area contributed by atoms with Gasteiger partial charge in [0.25, 0.3) is 0 Å². The summed E-state index contributed by atoms with van der Waals surface area (Å²) >= 11 is 0. The molecule has 2 aliphatic rings. The first kappa shape index (κ1) is 24.7. The second-order valence-corrected chi connectivity index (χ2v) is 11.8. The molecule has 2 aliphatic carbocycles. The van der Waals surface area contributed by atoms with Gasteiger partial charge in [-0.25, -0.2) is 0 Å². The highest BCUT2D eigenvalue weighted by molar-refractivity contribution is 6.09. The van der Waals surface area contributed by atoms with Crippen molar-refractivity contribution < 1.29 is 0 Å². The van der Waals surface area contributed by atoms with Gasteiger partial charge in [-0.3, -0.25) is 0 Å². The van der Waals surface area contributed by atoms with Gasteiger partial charge in [0, 0.05) is 16.5 Å². The molecule has 0 amide bonds. The van der Waals surface area contributed by atoms with Crippen LogP contribution in [0.5, 0.6) is 0 Å². The number of hydrogen-bond acceptors (Lipinski definition) is 2. The number of nitriles is 2. The summed E-state index contributed by atoms with van der Waals surface area (Å²) in [6, 6.07) is 50.3. The second kappa shape index (κ2) is 9.05. The van der Waals surface area contributed by atoms with E-state index in [4.69, 9.17) is 0 Å². The average molecular weight is 560 g/mol. The third-order valence-electron chi connectivity index (χ3n) is 9.84. The molecule has 0 atom stereocenters. The average Bonchev–Trinajstić information content (AvgIpc) is 3.53. The van der Waals surface area contributed by atoms with E-state index < -0.39 is 5.41 Å². The largest absolute Gasteiger partial charge is 0.309 e. The lowest BCUT2D eigenvalue weighted by Crippen LogP contribution is -2.30.